The van der Waals surface area contributed by atoms with Crippen LogP contribution < -0.4 is 5.32 Å². The molecule has 2 aromatic carbocycles. The first kappa shape index (κ1) is 17.3. The summed E-state index contributed by atoms with van der Waals surface area (Å²) in [6, 6.07) is 8.86. The predicted molar refractivity (Wildman–Crippen MR) is 92.9 cm³/mol. The summed E-state index contributed by atoms with van der Waals surface area (Å²) < 4.78 is 12.9. The Hall–Kier alpha value is -3.48. The smallest absolute Gasteiger partial charge is 0.256 e. The molecule has 0 spiro atoms. The Morgan fingerprint density at radius 3 is 2.58 bits per heavy atom. The molecule has 7 heteroatoms. The van der Waals surface area contributed by atoms with Crippen molar-refractivity contribution in [3.8, 4) is 11.5 Å². The Bertz CT molecular complexity index is 987. The normalized spacial score (nSPS) is 10.7. The molecule has 6 nitrogen and oxygen atoms in total. The van der Waals surface area contributed by atoms with Crippen molar-refractivity contribution in [1.82, 2.24) is 10.3 Å². The molecule has 0 radical (unpaired) electrons. The summed E-state index contributed by atoms with van der Waals surface area (Å²) >= 11 is 0. The van der Waals surface area contributed by atoms with Gasteiger partial charge in [0.15, 0.2) is 12.0 Å². The van der Waals surface area contributed by atoms with Gasteiger partial charge in [0.05, 0.1) is 11.1 Å². The number of aromatic nitrogens is 1. The average Bonchev–Trinajstić information content (AvgIpc) is 2.66. The monoisotopic (exact) mass is 354 g/mol. The predicted octanol–water partition coefficient (Wildman–Crippen LogP) is 2.57. The molecule has 1 heterocycles. The molecule has 0 aliphatic rings. The van der Waals surface area contributed by atoms with Gasteiger partial charge in [-0.3, -0.25) is 14.6 Å². The van der Waals surface area contributed by atoms with Gasteiger partial charge in [-0.25, -0.2) is 4.39 Å². The molecule has 26 heavy (non-hydrogen) atoms. The minimum Gasteiger partial charge on any atom is -0.506 e. The van der Waals surface area contributed by atoms with Crippen LogP contribution in [0.2, 0.25) is 0 Å². The summed E-state index contributed by atoms with van der Waals surface area (Å²) in [6.45, 7) is 0.198. The number of aldehydes is 1. The fourth-order valence-corrected chi connectivity index (χ4v) is 2.70. The van der Waals surface area contributed by atoms with E-state index >= 15 is 0 Å². The third kappa shape index (κ3) is 3.19. The number of hydrogen-bond acceptors (Lipinski definition) is 5. The maximum atomic E-state index is 12.9. The minimum absolute atomic E-state index is 0.0271. The van der Waals surface area contributed by atoms with Crippen LogP contribution in [0.4, 0.5) is 4.39 Å². The SMILES string of the molecule is O=Cc1c(C(=O)NCCc2ccc(F)cc2)c(O)c2ncccc2c1O. The molecular weight excluding hydrogens is 339 g/mol. The second-order valence-electron chi connectivity index (χ2n) is 5.64. The van der Waals surface area contributed by atoms with Crippen molar-refractivity contribution >= 4 is 23.1 Å². The molecule has 0 saturated heterocycles. The van der Waals surface area contributed by atoms with Crippen molar-refractivity contribution in [2.75, 3.05) is 6.54 Å². The Balaban J connectivity index is 1.86. The molecule has 3 aromatic rings. The number of phenols is 2. The Morgan fingerprint density at radius 2 is 1.88 bits per heavy atom. The first-order chi connectivity index (χ1) is 12.5. The molecule has 0 aliphatic carbocycles. The number of carbonyl (C=O) groups is 2. The lowest BCUT2D eigenvalue weighted by atomic mass is 10.0. The van der Waals surface area contributed by atoms with Crippen LogP contribution in [-0.4, -0.2) is 33.9 Å². The van der Waals surface area contributed by atoms with Crippen LogP contribution in [-0.2, 0) is 6.42 Å². The van der Waals surface area contributed by atoms with E-state index in [0.717, 1.165) is 5.56 Å². The van der Waals surface area contributed by atoms with Gasteiger partial charge in [0.25, 0.3) is 5.91 Å². The number of fused-ring (bicyclic) bond motifs is 1. The molecule has 0 bridgehead atoms. The highest BCUT2D eigenvalue weighted by Crippen LogP contribution is 2.37. The maximum absolute atomic E-state index is 12.9. The summed E-state index contributed by atoms with van der Waals surface area (Å²) in [5.41, 5.74) is 0.207. The fraction of sp³-hybridized carbons (Fsp3) is 0.105. The third-order valence-corrected chi connectivity index (χ3v) is 4.01. The third-order valence-electron chi connectivity index (χ3n) is 4.01. The number of amides is 1. The van der Waals surface area contributed by atoms with Crippen molar-refractivity contribution in [1.29, 1.82) is 0 Å². The lowest BCUT2D eigenvalue weighted by molar-refractivity contribution is 0.0945. The number of pyridine rings is 1. The number of halogens is 1. The highest BCUT2D eigenvalue weighted by atomic mass is 19.1. The average molecular weight is 354 g/mol. The maximum Gasteiger partial charge on any atom is 0.256 e. The van der Waals surface area contributed by atoms with Gasteiger partial charge in [0.1, 0.15) is 17.1 Å². The topological polar surface area (TPSA) is 99.5 Å². The summed E-state index contributed by atoms with van der Waals surface area (Å²) in [6.07, 6.45) is 2.15. The van der Waals surface area contributed by atoms with Crippen LogP contribution in [0.5, 0.6) is 11.5 Å². The van der Waals surface area contributed by atoms with Gasteiger partial charge < -0.3 is 15.5 Å². The number of carbonyl (C=O) groups excluding carboxylic acids is 2. The number of nitrogens with one attached hydrogen (secondary N) is 1. The number of benzene rings is 2. The lowest BCUT2D eigenvalue weighted by Gasteiger charge is -2.13. The summed E-state index contributed by atoms with van der Waals surface area (Å²) in [7, 11) is 0. The summed E-state index contributed by atoms with van der Waals surface area (Å²) in [4.78, 5) is 27.8. The number of hydrogen-bond donors (Lipinski definition) is 3. The van der Waals surface area contributed by atoms with Crippen LogP contribution in [0.3, 0.4) is 0 Å². The van der Waals surface area contributed by atoms with Crippen LogP contribution in [0, 0.1) is 5.82 Å². The Morgan fingerprint density at radius 1 is 1.15 bits per heavy atom. The number of phenolic OH excluding ortho intramolecular Hbond substituents is 2. The number of aromatic hydroxyl groups is 2. The van der Waals surface area contributed by atoms with Crippen LogP contribution >= 0.6 is 0 Å². The quantitative estimate of drug-likeness (QED) is 0.483. The fourth-order valence-electron chi connectivity index (χ4n) is 2.70. The van der Waals surface area contributed by atoms with Crippen molar-refractivity contribution in [2.24, 2.45) is 0 Å². The van der Waals surface area contributed by atoms with E-state index in [-0.39, 0.29) is 34.4 Å². The summed E-state index contributed by atoms with van der Waals surface area (Å²) in [5, 5.41) is 23.4. The Kier molecular flexibility index (Phi) is 4.79. The van der Waals surface area contributed by atoms with Crippen molar-refractivity contribution in [2.45, 2.75) is 6.42 Å². The molecule has 0 fully saturated rings. The Labute approximate surface area is 147 Å². The van der Waals surface area contributed by atoms with E-state index in [0.29, 0.717) is 12.7 Å². The zero-order chi connectivity index (χ0) is 18.7. The van der Waals surface area contributed by atoms with Crippen molar-refractivity contribution in [3.05, 3.63) is 65.1 Å². The van der Waals surface area contributed by atoms with Crippen molar-refractivity contribution in [3.63, 3.8) is 0 Å². The second kappa shape index (κ2) is 7.18. The molecule has 0 saturated carbocycles. The molecule has 1 amide bonds. The minimum atomic E-state index is -0.713. The molecule has 3 N–H and O–H groups in total. The lowest BCUT2D eigenvalue weighted by Crippen LogP contribution is -2.27. The van der Waals surface area contributed by atoms with Gasteiger partial charge in [-0.15, -0.1) is 0 Å². The van der Waals surface area contributed by atoms with Gasteiger partial charge in [-0.1, -0.05) is 12.1 Å². The van der Waals surface area contributed by atoms with Crippen molar-refractivity contribution < 1.29 is 24.2 Å². The second-order valence-corrected chi connectivity index (χ2v) is 5.64. The van der Waals surface area contributed by atoms with E-state index in [1.165, 1.54) is 24.4 Å². The molecular formula is C19H15FN2O4. The zero-order valence-corrected chi connectivity index (χ0v) is 13.6. The highest BCUT2D eigenvalue weighted by Gasteiger charge is 2.24. The number of nitrogens with zero attached hydrogens (tertiary/aromatic N) is 1. The van der Waals surface area contributed by atoms with E-state index in [2.05, 4.69) is 10.3 Å². The van der Waals surface area contributed by atoms with Crippen LogP contribution in [0.25, 0.3) is 10.9 Å². The van der Waals surface area contributed by atoms with Gasteiger partial charge >= 0.3 is 0 Å². The first-order valence-corrected chi connectivity index (χ1v) is 7.83. The zero-order valence-electron chi connectivity index (χ0n) is 13.6. The van der Waals surface area contributed by atoms with E-state index in [1.807, 2.05) is 0 Å². The molecule has 0 unspecified atom stereocenters. The van der Waals surface area contributed by atoms with Crippen LogP contribution in [0.15, 0.2) is 42.6 Å². The van der Waals surface area contributed by atoms with E-state index in [1.54, 1.807) is 18.2 Å². The van der Waals surface area contributed by atoms with Crippen LogP contribution in [0.1, 0.15) is 26.3 Å². The summed E-state index contributed by atoms with van der Waals surface area (Å²) in [5.74, 6) is -1.95. The van der Waals surface area contributed by atoms with Gasteiger partial charge in [0.2, 0.25) is 0 Å². The molecule has 3 rings (SSSR count). The van der Waals surface area contributed by atoms with Gasteiger partial charge in [-0.05, 0) is 36.2 Å². The van der Waals surface area contributed by atoms with E-state index < -0.39 is 17.4 Å². The highest BCUT2D eigenvalue weighted by molar-refractivity contribution is 6.11. The molecule has 1 aromatic heterocycles. The van der Waals surface area contributed by atoms with Gasteiger partial charge in [-0.2, -0.15) is 0 Å². The molecule has 132 valence electrons. The number of rotatable bonds is 5. The molecule has 0 atom stereocenters. The first-order valence-electron chi connectivity index (χ1n) is 7.83. The van der Waals surface area contributed by atoms with E-state index in [4.69, 9.17) is 0 Å². The van der Waals surface area contributed by atoms with E-state index in [9.17, 15) is 24.2 Å². The van der Waals surface area contributed by atoms with Gasteiger partial charge in [0, 0.05) is 18.1 Å². The molecule has 0 aliphatic heterocycles. The largest absolute Gasteiger partial charge is 0.506 e. The standard InChI is InChI=1S/C19H15FN2O4/c20-12-5-3-11(4-6-12)7-9-22-19(26)15-14(10-23)17(24)13-2-1-8-21-16(13)18(15)25/h1-6,8,10,24-25H,7,9H2,(H,22,26).